The molecule has 0 aliphatic rings. The zero-order valence-corrected chi connectivity index (χ0v) is 11.0. The van der Waals surface area contributed by atoms with Crippen molar-refractivity contribution in [2.75, 3.05) is 0 Å². The lowest BCUT2D eigenvalue weighted by molar-refractivity contribution is 0.359. The van der Waals surface area contributed by atoms with Crippen molar-refractivity contribution >= 4 is 0 Å². The Morgan fingerprint density at radius 1 is 1.17 bits per heavy atom. The van der Waals surface area contributed by atoms with E-state index < -0.39 is 11.6 Å². The number of hydrogen-bond donors (Lipinski definition) is 0. The summed E-state index contributed by atoms with van der Waals surface area (Å²) in [6, 6.07) is 3.47. The van der Waals surface area contributed by atoms with E-state index in [1.54, 1.807) is 10.9 Å². The van der Waals surface area contributed by atoms with Crippen LogP contribution in [-0.2, 0) is 5.54 Å². The van der Waals surface area contributed by atoms with Crippen molar-refractivity contribution in [2.45, 2.75) is 33.2 Å². The lowest BCUT2D eigenvalue weighted by Gasteiger charge is -2.23. The van der Waals surface area contributed by atoms with Gasteiger partial charge in [0.2, 0.25) is 0 Å². The number of aromatic nitrogens is 2. The number of nitrogens with zero attached hydrogens (tertiary/aromatic N) is 2. The Bertz CT molecular complexity index is 580. The van der Waals surface area contributed by atoms with Crippen LogP contribution in [-0.4, -0.2) is 9.78 Å². The fourth-order valence-electron chi connectivity index (χ4n) is 1.94. The Hall–Kier alpha value is -1.71. The minimum atomic E-state index is -0.451. The van der Waals surface area contributed by atoms with E-state index in [9.17, 15) is 8.78 Å². The molecule has 2 rings (SSSR count). The third-order valence-electron chi connectivity index (χ3n) is 2.77. The lowest BCUT2D eigenvalue weighted by Crippen LogP contribution is -2.24. The fourth-order valence-corrected chi connectivity index (χ4v) is 1.94. The van der Waals surface area contributed by atoms with Crippen molar-refractivity contribution in [1.29, 1.82) is 0 Å². The molecule has 1 aromatic carbocycles. The topological polar surface area (TPSA) is 17.8 Å². The van der Waals surface area contributed by atoms with Crippen molar-refractivity contribution in [2.24, 2.45) is 0 Å². The van der Waals surface area contributed by atoms with Gasteiger partial charge in [0.1, 0.15) is 11.6 Å². The molecule has 0 aliphatic heterocycles. The Balaban J connectivity index is 2.71. The van der Waals surface area contributed by atoms with Crippen molar-refractivity contribution in [3.8, 4) is 11.3 Å². The predicted molar refractivity (Wildman–Crippen MR) is 67.3 cm³/mol. The van der Waals surface area contributed by atoms with Gasteiger partial charge in [-0.05, 0) is 51.5 Å². The van der Waals surface area contributed by atoms with Crippen molar-refractivity contribution < 1.29 is 8.78 Å². The Labute approximate surface area is 105 Å². The SMILES string of the molecule is Cc1cnn(C(C)(C)C)c1-c1cc(F)ccc1F. The van der Waals surface area contributed by atoms with Crippen LogP contribution in [0.15, 0.2) is 24.4 Å². The van der Waals surface area contributed by atoms with E-state index in [4.69, 9.17) is 0 Å². The molecule has 0 radical (unpaired) electrons. The summed E-state index contributed by atoms with van der Waals surface area (Å²) in [7, 11) is 0. The van der Waals surface area contributed by atoms with Gasteiger partial charge in [0.25, 0.3) is 0 Å². The largest absolute Gasteiger partial charge is 0.259 e. The van der Waals surface area contributed by atoms with Crippen LogP contribution in [0.5, 0.6) is 0 Å². The lowest BCUT2D eigenvalue weighted by atomic mass is 10.0. The normalized spacial score (nSPS) is 11.9. The monoisotopic (exact) mass is 250 g/mol. The molecular weight excluding hydrogens is 234 g/mol. The molecule has 2 aromatic rings. The summed E-state index contributed by atoms with van der Waals surface area (Å²) < 4.78 is 28.9. The highest BCUT2D eigenvalue weighted by Crippen LogP contribution is 2.30. The summed E-state index contributed by atoms with van der Waals surface area (Å²) in [4.78, 5) is 0. The van der Waals surface area contributed by atoms with E-state index >= 15 is 0 Å². The first kappa shape index (κ1) is 12.7. The van der Waals surface area contributed by atoms with Crippen LogP contribution >= 0.6 is 0 Å². The average molecular weight is 250 g/mol. The summed E-state index contributed by atoms with van der Waals surface area (Å²) >= 11 is 0. The van der Waals surface area contributed by atoms with E-state index in [2.05, 4.69) is 5.10 Å². The van der Waals surface area contributed by atoms with Gasteiger partial charge in [-0.1, -0.05) is 0 Å². The molecule has 4 heteroatoms. The maximum Gasteiger partial charge on any atom is 0.132 e. The van der Waals surface area contributed by atoms with Crippen molar-refractivity contribution in [3.63, 3.8) is 0 Å². The molecule has 0 saturated heterocycles. The van der Waals surface area contributed by atoms with Gasteiger partial charge >= 0.3 is 0 Å². The first-order chi connectivity index (χ1) is 8.30. The van der Waals surface area contributed by atoms with E-state index in [1.807, 2.05) is 27.7 Å². The summed E-state index contributed by atoms with van der Waals surface area (Å²) in [5, 5.41) is 4.26. The third kappa shape index (κ3) is 2.15. The zero-order valence-electron chi connectivity index (χ0n) is 11.0. The summed E-state index contributed by atoms with van der Waals surface area (Å²) in [5.41, 5.74) is 1.41. The quantitative estimate of drug-likeness (QED) is 0.750. The van der Waals surface area contributed by atoms with Gasteiger partial charge in [0, 0.05) is 5.56 Å². The molecule has 0 saturated carbocycles. The maximum atomic E-state index is 13.9. The summed E-state index contributed by atoms with van der Waals surface area (Å²) in [5.74, 6) is -0.891. The molecule has 0 unspecified atom stereocenters. The molecule has 0 bridgehead atoms. The number of aryl methyl sites for hydroxylation is 1. The van der Waals surface area contributed by atoms with E-state index in [0.717, 1.165) is 17.7 Å². The number of halogens is 2. The molecular formula is C14H16F2N2. The molecule has 2 nitrogen and oxygen atoms in total. The van der Waals surface area contributed by atoms with Crippen LogP contribution in [0.1, 0.15) is 26.3 Å². The standard InChI is InChI=1S/C14H16F2N2/c1-9-8-17-18(14(2,3)4)13(9)11-7-10(15)5-6-12(11)16/h5-8H,1-4H3. The van der Waals surface area contributed by atoms with Crippen molar-refractivity contribution in [1.82, 2.24) is 9.78 Å². The number of benzene rings is 1. The van der Waals surface area contributed by atoms with Crippen LogP contribution < -0.4 is 0 Å². The molecule has 0 fully saturated rings. The van der Waals surface area contributed by atoms with Crippen LogP contribution in [0.2, 0.25) is 0 Å². The summed E-state index contributed by atoms with van der Waals surface area (Å²) in [6.45, 7) is 7.76. The third-order valence-corrected chi connectivity index (χ3v) is 2.77. The molecule has 1 heterocycles. The Morgan fingerprint density at radius 2 is 1.83 bits per heavy atom. The van der Waals surface area contributed by atoms with Crippen LogP contribution in [0.3, 0.4) is 0 Å². The highest BCUT2D eigenvalue weighted by atomic mass is 19.1. The highest BCUT2D eigenvalue weighted by Gasteiger charge is 2.22. The predicted octanol–water partition coefficient (Wildman–Crippen LogP) is 3.89. The fraction of sp³-hybridized carbons (Fsp3) is 0.357. The molecule has 18 heavy (non-hydrogen) atoms. The molecule has 0 aliphatic carbocycles. The smallest absolute Gasteiger partial charge is 0.132 e. The highest BCUT2D eigenvalue weighted by molar-refractivity contribution is 5.64. The molecule has 96 valence electrons. The average Bonchev–Trinajstić information content (AvgIpc) is 2.63. The Morgan fingerprint density at radius 3 is 2.44 bits per heavy atom. The minimum absolute atomic E-state index is 0.250. The van der Waals surface area contributed by atoms with Gasteiger partial charge < -0.3 is 0 Å². The van der Waals surface area contributed by atoms with Gasteiger partial charge in [-0.3, -0.25) is 4.68 Å². The molecule has 0 amide bonds. The van der Waals surface area contributed by atoms with Crippen LogP contribution in [0.4, 0.5) is 8.78 Å². The molecule has 0 spiro atoms. The number of rotatable bonds is 1. The molecule has 1 aromatic heterocycles. The van der Waals surface area contributed by atoms with Crippen molar-refractivity contribution in [3.05, 3.63) is 41.6 Å². The second kappa shape index (κ2) is 4.19. The van der Waals surface area contributed by atoms with Gasteiger partial charge in [-0.15, -0.1) is 0 Å². The van der Waals surface area contributed by atoms with Gasteiger partial charge in [0.05, 0.1) is 17.4 Å². The molecule has 0 N–H and O–H groups in total. The second-order valence-electron chi connectivity index (χ2n) is 5.38. The first-order valence-corrected chi connectivity index (χ1v) is 5.81. The molecule has 0 atom stereocenters. The van der Waals surface area contributed by atoms with E-state index in [1.165, 1.54) is 6.07 Å². The van der Waals surface area contributed by atoms with Gasteiger partial charge in [-0.2, -0.15) is 5.10 Å². The zero-order chi connectivity index (χ0) is 13.5. The van der Waals surface area contributed by atoms with Crippen LogP contribution in [0, 0.1) is 18.6 Å². The second-order valence-corrected chi connectivity index (χ2v) is 5.38. The van der Waals surface area contributed by atoms with Gasteiger partial charge in [-0.25, -0.2) is 8.78 Å². The van der Waals surface area contributed by atoms with Crippen LogP contribution in [0.25, 0.3) is 11.3 Å². The maximum absolute atomic E-state index is 13.9. The number of hydrogen-bond acceptors (Lipinski definition) is 1. The Kier molecular flexibility index (Phi) is 2.97. The summed E-state index contributed by atoms with van der Waals surface area (Å²) in [6.07, 6.45) is 1.67. The van der Waals surface area contributed by atoms with E-state index in [0.29, 0.717) is 5.69 Å². The van der Waals surface area contributed by atoms with E-state index in [-0.39, 0.29) is 11.1 Å². The van der Waals surface area contributed by atoms with Gasteiger partial charge in [0.15, 0.2) is 0 Å². The minimum Gasteiger partial charge on any atom is -0.259 e. The first-order valence-electron chi connectivity index (χ1n) is 5.81.